The van der Waals surface area contributed by atoms with Crippen molar-refractivity contribution in [2.24, 2.45) is 0 Å². The smallest absolute Gasteiger partial charge is 0.306 e. The Morgan fingerprint density at radius 3 is 2.25 bits per heavy atom. The van der Waals surface area contributed by atoms with Crippen LogP contribution in [0.15, 0.2) is 42.5 Å². The van der Waals surface area contributed by atoms with Gasteiger partial charge in [0.1, 0.15) is 12.2 Å². The minimum Gasteiger partial charge on any atom is -0.383 e. The number of aliphatic hydroxyl groups excluding tert-OH is 2. The van der Waals surface area contributed by atoms with Gasteiger partial charge in [-0.15, -0.1) is 0 Å². The Morgan fingerprint density at radius 1 is 1.19 bits per heavy atom. The van der Waals surface area contributed by atoms with Crippen LogP contribution >= 0.6 is 0 Å². The van der Waals surface area contributed by atoms with Gasteiger partial charge in [0, 0.05) is 0 Å². The molecule has 16 heavy (non-hydrogen) atoms. The van der Waals surface area contributed by atoms with Gasteiger partial charge in [-0.2, -0.15) is 0 Å². The molecule has 0 aliphatic heterocycles. The first-order chi connectivity index (χ1) is 7.50. The Labute approximate surface area is 92.9 Å². The van der Waals surface area contributed by atoms with E-state index in [0.29, 0.717) is 0 Å². The molecule has 0 heterocycles. The third-order valence-electron chi connectivity index (χ3n) is 2.25. The third-order valence-corrected chi connectivity index (χ3v) is 2.25. The molecule has 0 aromatic heterocycles. The van der Waals surface area contributed by atoms with E-state index in [0.717, 1.165) is 6.08 Å². The van der Waals surface area contributed by atoms with Crippen LogP contribution in [0.5, 0.6) is 0 Å². The minimum absolute atomic E-state index is 0.0797. The fourth-order valence-corrected chi connectivity index (χ4v) is 1.33. The average molecular weight is 228 g/mol. The van der Waals surface area contributed by atoms with E-state index in [4.69, 9.17) is 0 Å². The summed E-state index contributed by atoms with van der Waals surface area (Å²) in [5, 5.41) is 18.7. The Hall–Kier alpha value is -1.26. The molecule has 0 spiro atoms. The van der Waals surface area contributed by atoms with Gasteiger partial charge >= 0.3 is 5.92 Å². The second-order valence-corrected chi connectivity index (χ2v) is 3.46. The molecule has 1 aromatic carbocycles. The van der Waals surface area contributed by atoms with Gasteiger partial charge in [-0.25, -0.2) is 8.78 Å². The third kappa shape index (κ3) is 2.65. The van der Waals surface area contributed by atoms with Gasteiger partial charge in [0.15, 0.2) is 0 Å². The summed E-state index contributed by atoms with van der Waals surface area (Å²) in [7, 11) is 0. The largest absolute Gasteiger partial charge is 0.383 e. The van der Waals surface area contributed by atoms with Crippen molar-refractivity contribution < 1.29 is 19.0 Å². The Bertz CT molecular complexity index is 349. The zero-order valence-electron chi connectivity index (χ0n) is 8.85. The zero-order valence-corrected chi connectivity index (χ0v) is 8.85. The molecule has 0 fully saturated rings. The maximum absolute atomic E-state index is 13.5. The number of allylic oxidation sites excluding steroid dienone is 1. The van der Waals surface area contributed by atoms with Crippen molar-refractivity contribution in [1.82, 2.24) is 0 Å². The molecule has 1 rings (SSSR count). The van der Waals surface area contributed by atoms with Crippen LogP contribution in [-0.2, 0) is 0 Å². The van der Waals surface area contributed by atoms with E-state index in [1.807, 2.05) is 0 Å². The highest BCUT2D eigenvalue weighted by atomic mass is 19.3. The van der Waals surface area contributed by atoms with Gasteiger partial charge in [-0.3, -0.25) is 0 Å². The molecule has 0 aliphatic carbocycles. The molecule has 0 saturated carbocycles. The zero-order chi connectivity index (χ0) is 12.2. The van der Waals surface area contributed by atoms with E-state index >= 15 is 0 Å². The van der Waals surface area contributed by atoms with Gasteiger partial charge in [-0.1, -0.05) is 42.5 Å². The topological polar surface area (TPSA) is 40.5 Å². The molecular weight excluding hydrogens is 214 g/mol. The van der Waals surface area contributed by atoms with Gasteiger partial charge in [-0.05, 0) is 12.5 Å². The fraction of sp³-hybridized carbons (Fsp3) is 0.333. The van der Waals surface area contributed by atoms with Crippen LogP contribution in [0.4, 0.5) is 8.78 Å². The molecule has 2 nitrogen and oxygen atoms in total. The van der Waals surface area contributed by atoms with Crippen molar-refractivity contribution >= 4 is 0 Å². The first-order valence-electron chi connectivity index (χ1n) is 4.92. The second-order valence-electron chi connectivity index (χ2n) is 3.46. The molecule has 1 aromatic rings. The van der Waals surface area contributed by atoms with E-state index in [1.165, 1.54) is 25.1 Å². The molecule has 0 amide bonds. The summed E-state index contributed by atoms with van der Waals surface area (Å²) >= 11 is 0. The lowest BCUT2D eigenvalue weighted by molar-refractivity contribution is -0.164. The van der Waals surface area contributed by atoms with Gasteiger partial charge < -0.3 is 10.2 Å². The van der Waals surface area contributed by atoms with Crippen LogP contribution < -0.4 is 0 Å². The highest BCUT2D eigenvalue weighted by molar-refractivity contribution is 5.20. The summed E-state index contributed by atoms with van der Waals surface area (Å²) in [6.45, 7) is 1.52. The number of hydrogen-bond donors (Lipinski definition) is 2. The molecule has 2 atom stereocenters. The van der Waals surface area contributed by atoms with E-state index in [9.17, 15) is 19.0 Å². The predicted octanol–water partition coefficient (Wildman–Crippen LogP) is 2.29. The first kappa shape index (κ1) is 12.8. The highest BCUT2D eigenvalue weighted by Crippen LogP contribution is 2.34. The normalized spacial score (nSPS) is 16.3. The van der Waals surface area contributed by atoms with E-state index in [1.54, 1.807) is 18.2 Å². The van der Waals surface area contributed by atoms with Crippen LogP contribution in [0.3, 0.4) is 0 Å². The van der Waals surface area contributed by atoms with Crippen LogP contribution in [0.1, 0.15) is 18.6 Å². The molecule has 0 aliphatic rings. The lowest BCUT2D eigenvalue weighted by atomic mass is 9.99. The van der Waals surface area contributed by atoms with Gasteiger partial charge in [0.2, 0.25) is 0 Å². The quantitative estimate of drug-likeness (QED) is 0.776. The van der Waals surface area contributed by atoms with Crippen molar-refractivity contribution in [2.75, 3.05) is 0 Å². The molecule has 0 bridgehead atoms. The summed E-state index contributed by atoms with van der Waals surface area (Å²) in [6.07, 6.45) is -1.74. The highest BCUT2D eigenvalue weighted by Gasteiger charge is 2.45. The standard InChI is InChI=1S/C12H14F2O2/c1-2-6-10(15)12(13,14)11(16)9-7-4-3-5-8-9/h2-8,10-11,15-16H,1H3/b6-2+/t10-,11+/m1/s1. The maximum Gasteiger partial charge on any atom is 0.306 e. The summed E-state index contributed by atoms with van der Waals surface area (Å²) in [6, 6.07) is 7.55. The van der Waals surface area contributed by atoms with Crippen molar-refractivity contribution in [3.63, 3.8) is 0 Å². The van der Waals surface area contributed by atoms with Crippen molar-refractivity contribution in [1.29, 1.82) is 0 Å². The van der Waals surface area contributed by atoms with E-state index in [2.05, 4.69) is 0 Å². The molecule has 0 saturated heterocycles. The number of halogens is 2. The summed E-state index contributed by atoms with van der Waals surface area (Å²) in [5.41, 5.74) is 0.0797. The Balaban J connectivity index is 2.91. The average Bonchev–Trinajstić information content (AvgIpc) is 2.29. The summed E-state index contributed by atoms with van der Waals surface area (Å²) in [5.74, 6) is -3.60. The maximum atomic E-state index is 13.5. The predicted molar refractivity (Wildman–Crippen MR) is 57.2 cm³/mol. The second kappa shape index (κ2) is 5.18. The minimum atomic E-state index is -3.60. The fourth-order valence-electron chi connectivity index (χ4n) is 1.33. The van der Waals surface area contributed by atoms with Crippen LogP contribution in [0.2, 0.25) is 0 Å². The van der Waals surface area contributed by atoms with Crippen LogP contribution in [0, 0.1) is 0 Å². The SMILES string of the molecule is C/C=C/[C@@H](O)C(F)(F)[C@@H](O)c1ccccc1. The van der Waals surface area contributed by atoms with Gasteiger partial charge in [0.25, 0.3) is 0 Å². The Kier molecular flexibility index (Phi) is 4.15. The van der Waals surface area contributed by atoms with Crippen molar-refractivity contribution in [3.8, 4) is 0 Å². The lowest BCUT2D eigenvalue weighted by Crippen LogP contribution is -2.38. The summed E-state index contributed by atoms with van der Waals surface area (Å²) < 4.78 is 27.1. The first-order valence-corrected chi connectivity index (χ1v) is 4.92. The number of alkyl halides is 2. The molecule has 4 heteroatoms. The molecule has 88 valence electrons. The molecule has 2 N–H and O–H groups in total. The van der Waals surface area contributed by atoms with Gasteiger partial charge in [0.05, 0.1) is 0 Å². The number of hydrogen-bond acceptors (Lipinski definition) is 2. The molecule has 0 unspecified atom stereocenters. The monoisotopic (exact) mass is 228 g/mol. The number of aliphatic hydroxyl groups is 2. The van der Waals surface area contributed by atoms with E-state index < -0.39 is 18.1 Å². The number of benzene rings is 1. The lowest BCUT2D eigenvalue weighted by Gasteiger charge is -2.25. The number of rotatable bonds is 4. The van der Waals surface area contributed by atoms with Crippen molar-refractivity contribution in [3.05, 3.63) is 48.0 Å². The summed E-state index contributed by atoms with van der Waals surface area (Å²) in [4.78, 5) is 0. The Morgan fingerprint density at radius 2 is 1.75 bits per heavy atom. The molecule has 0 radical (unpaired) electrons. The van der Waals surface area contributed by atoms with Crippen LogP contribution in [-0.4, -0.2) is 22.2 Å². The van der Waals surface area contributed by atoms with E-state index in [-0.39, 0.29) is 5.56 Å². The molecular formula is C12H14F2O2. The van der Waals surface area contributed by atoms with Crippen LogP contribution in [0.25, 0.3) is 0 Å². The van der Waals surface area contributed by atoms with Crippen molar-refractivity contribution in [2.45, 2.75) is 25.1 Å².